The van der Waals surface area contributed by atoms with E-state index in [2.05, 4.69) is 28.2 Å². The zero-order valence-electron chi connectivity index (χ0n) is 9.32. The van der Waals surface area contributed by atoms with Gasteiger partial charge in [-0.25, -0.2) is 0 Å². The fourth-order valence-corrected chi connectivity index (χ4v) is 2.05. The molecule has 0 saturated heterocycles. The van der Waals surface area contributed by atoms with E-state index in [9.17, 15) is 4.79 Å². The van der Waals surface area contributed by atoms with Crippen LogP contribution in [-0.2, 0) is 4.79 Å². The molecule has 1 aliphatic carbocycles. The summed E-state index contributed by atoms with van der Waals surface area (Å²) in [6.07, 6.45) is 5.11. The van der Waals surface area contributed by atoms with Gasteiger partial charge in [-0.2, -0.15) is 0 Å². The molecule has 0 bridgehead atoms. The second kappa shape index (κ2) is 4.21. The van der Waals surface area contributed by atoms with Crippen LogP contribution in [-0.4, -0.2) is 16.8 Å². The molecule has 0 unspecified atom stereocenters. The Morgan fingerprint density at radius 3 is 2.36 bits per heavy atom. The molecular weight excluding hydrogens is 242 g/mol. The van der Waals surface area contributed by atoms with Gasteiger partial charge < -0.3 is 5.32 Å². The lowest BCUT2D eigenvalue weighted by atomic mass is 9.89. The van der Waals surface area contributed by atoms with Crippen LogP contribution in [0.1, 0.15) is 46.5 Å². The number of nitrogens with one attached hydrogen (secondary N) is 1. The first-order chi connectivity index (χ1) is 6.33. The summed E-state index contributed by atoms with van der Waals surface area (Å²) < 4.78 is -0.442. The van der Waals surface area contributed by atoms with E-state index in [1.165, 1.54) is 25.7 Å². The third kappa shape index (κ3) is 3.26. The summed E-state index contributed by atoms with van der Waals surface area (Å²) in [6, 6.07) is 0. The van der Waals surface area contributed by atoms with Gasteiger partial charge in [0.1, 0.15) is 0 Å². The van der Waals surface area contributed by atoms with Crippen molar-refractivity contribution in [3.8, 4) is 0 Å². The number of halogens is 1. The summed E-state index contributed by atoms with van der Waals surface area (Å²) in [4.78, 5) is 11.6. The average Bonchev–Trinajstić information content (AvgIpc) is 2.47. The molecule has 0 aromatic carbocycles. The van der Waals surface area contributed by atoms with Crippen molar-refractivity contribution >= 4 is 21.8 Å². The molecule has 0 spiro atoms. The third-order valence-electron chi connectivity index (χ3n) is 3.03. The maximum atomic E-state index is 11.6. The predicted molar refractivity (Wildman–Crippen MR) is 62.6 cm³/mol. The molecule has 0 heterocycles. The van der Waals surface area contributed by atoms with Gasteiger partial charge in [0.05, 0.1) is 4.32 Å². The molecule has 0 aliphatic heterocycles. The van der Waals surface area contributed by atoms with Crippen molar-refractivity contribution < 1.29 is 4.79 Å². The predicted octanol–water partition coefficient (Wildman–Crippen LogP) is 2.86. The highest BCUT2D eigenvalue weighted by atomic mass is 79.9. The van der Waals surface area contributed by atoms with Gasteiger partial charge >= 0.3 is 0 Å². The Bertz CT molecular complexity index is 214. The van der Waals surface area contributed by atoms with Crippen molar-refractivity contribution in [2.75, 3.05) is 6.54 Å². The topological polar surface area (TPSA) is 29.1 Å². The third-order valence-corrected chi connectivity index (χ3v) is 3.39. The first-order valence-corrected chi connectivity index (χ1v) is 6.10. The van der Waals surface area contributed by atoms with Crippen LogP contribution in [0.25, 0.3) is 0 Å². The number of hydrogen-bond donors (Lipinski definition) is 1. The monoisotopic (exact) mass is 261 g/mol. The zero-order valence-corrected chi connectivity index (χ0v) is 10.9. The number of carbonyl (C=O) groups is 1. The normalized spacial score (nSPS) is 20.9. The fraction of sp³-hybridized carbons (Fsp3) is 0.909. The second-order valence-corrected chi connectivity index (χ2v) is 7.16. The molecule has 0 aromatic heterocycles. The number of hydrogen-bond acceptors (Lipinski definition) is 1. The summed E-state index contributed by atoms with van der Waals surface area (Å²) in [5.41, 5.74) is 0.341. The molecule has 1 rings (SSSR count). The molecule has 1 fully saturated rings. The molecular formula is C11H20BrNO. The maximum Gasteiger partial charge on any atom is 0.236 e. The summed E-state index contributed by atoms with van der Waals surface area (Å²) in [5.74, 6) is 0.0885. The first kappa shape index (κ1) is 12.0. The molecule has 1 saturated carbocycles. The second-order valence-electron chi connectivity index (χ2n) is 5.17. The molecule has 0 atom stereocenters. The van der Waals surface area contributed by atoms with Gasteiger partial charge in [-0.1, -0.05) is 35.7 Å². The van der Waals surface area contributed by atoms with Crippen LogP contribution in [0.5, 0.6) is 0 Å². The summed E-state index contributed by atoms with van der Waals surface area (Å²) in [5, 5.41) is 3.02. The Morgan fingerprint density at radius 2 is 1.93 bits per heavy atom. The fourth-order valence-electron chi connectivity index (χ4n) is 1.91. The smallest absolute Gasteiger partial charge is 0.236 e. The number of amides is 1. The molecule has 1 aliphatic rings. The van der Waals surface area contributed by atoms with Crippen LogP contribution in [0, 0.1) is 5.41 Å². The van der Waals surface area contributed by atoms with Crippen molar-refractivity contribution in [3.05, 3.63) is 0 Å². The molecule has 1 amide bonds. The van der Waals surface area contributed by atoms with Crippen molar-refractivity contribution in [2.45, 2.75) is 50.8 Å². The van der Waals surface area contributed by atoms with Crippen LogP contribution >= 0.6 is 15.9 Å². The van der Waals surface area contributed by atoms with E-state index in [0.29, 0.717) is 5.41 Å². The van der Waals surface area contributed by atoms with Gasteiger partial charge in [0.2, 0.25) is 5.91 Å². The molecule has 14 heavy (non-hydrogen) atoms. The lowest BCUT2D eigenvalue weighted by molar-refractivity contribution is -0.122. The van der Waals surface area contributed by atoms with Gasteiger partial charge in [-0.15, -0.1) is 0 Å². The number of alkyl halides is 1. The van der Waals surface area contributed by atoms with Crippen LogP contribution in [0.15, 0.2) is 0 Å². The molecule has 1 N–H and O–H groups in total. The lowest BCUT2D eigenvalue weighted by Crippen LogP contribution is -2.42. The van der Waals surface area contributed by atoms with Crippen molar-refractivity contribution in [1.82, 2.24) is 5.32 Å². The summed E-state index contributed by atoms with van der Waals surface area (Å²) in [6.45, 7) is 6.83. The van der Waals surface area contributed by atoms with E-state index in [0.717, 1.165) is 6.54 Å². The quantitative estimate of drug-likeness (QED) is 0.778. The highest BCUT2D eigenvalue weighted by Gasteiger charge is 2.31. The van der Waals surface area contributed by atoms with Gasteiger partial charge in [0.25, 0.3) is 0 Å². The number of carbonyl (C=O) groups excluding carboxylic acids is 1. The number of rotatable bonds is 3. The van der Waals surface area contributed by atoms with Crippen molar-refractivity contribution in [3.63, 3.8) is 0 Å². The van der Waals surface area contributed by atoms with E-state index < -0.39 is 4.32 Å². The van der Waals surface area contributed by atoms with E-state index in [-0.39, 0.29) is 5.91 Å². The van der Waals surface area contributed by atoms with Crippen LogP contribution in [0.2, 0.25) is 0 Å². The minimum Gasteiger partial charge on any atom is -0.354 e. The molecule has 0 aromatic rings. The average molecular weight is 262 g/mol. The molecule has 0 radical (unpaired) electrons. The van der Waals surface area contributed by atoms with E-state index in [4.69, 9.17) is 0 Å². The zero-order chi connectivity index (χ0) is 10.8. The maximum absolute atomic E-state index is 11.6. The molecule has 82 valence electrons. The molecule has 2 nitrogen and oxygen atoms in total. The minimum absolute atomic E-state index is 0.0885. The summed E-state index contributed by atoms with van der Waals surface area (Å²) in [7, 11) is 0. The highest BCUT2D eigenvalue weighted by Crippen LogP contribution is 2.36. The first-order valence-electron chi connectivity index (χ1n) is 5.31. The van der Waals surface area contributed by atoms with Gasteiger partial charge in [-0.05, 0) is 32.1 Å². The Hall–Kier alpha value is -0.0500. The Kier molecular flexibility index (Phi) is 3.62. The van der Waals surface area contributed by atoms with E-state index in [1.54, 1.807) is 0 Å². The Labute approximate surface area is 95.0 Å². The van der Waals surface area contributed by atoms with Crippen LogP contribution in [0.3, 0.4) is 0 Å². The Balaban J connectivity index is 2.37. The molecule has 3 heteroatoms. The van der Waals surface area contributed by atoms with Gasteiger partial charge in [-0.3, -0.25) is 4.79 Å². The minimum atomic E-state index is -0.442. The largest absolute Gasteiger partial charge is 0.354 e. The van der Waals surface area contributed by atoms with Crippen LogP contribution in [0.4, 0.5) is 0 Å². The Morgan fingerprint density at radius 1 is 1.43 bits per heavy atom. The standard InChI is InChI=1S/C11H20BrNO/c1-10(2,12)9(14)13-8-11(3)6-4-5-7-11/h4-8H2,1-3H3,(H,13,14). The van der Waals surface area contributed by atoms with Crippen molar-refractivity contribution in [1.29, 1.82) is 0 Å². The van der Waals surface area contributed by atoms with Crippen molar-refractivity contribution in [2.24, 2.45) is 5.41 Å². The van der Waals surface area contributed by atoms with E-state index >= 15 is 0 Å². The van der Waals surface area contributed by atoms with Crippen LogP contribution < -0.4 is 5.32 Å². The van der Waals surface area contributed by atoms with Gasteiger partial charge in [0, 0.05) is 6.54 Å². The SMILES string of the molecule is CC1(CNC(=O)C(C)(C)Br)CCCC1. The lowest BCUT2D eigenvalue weighted by Gasteiger charge is -2.26. The van der Waals surface area contributed by atoms with Gasteiger partial charge in [0.15, 0.2) is 0 Å². The highest BCUT2D eigenvalue weighted by molar-refractivity contribution is 9.10. The summed E-state index contributed by atoms with van der Waals surface area (Å²) >= 11 is 3.36. The van der Waals surface area contributed by atoms with E-state index in [1.807, 2.05) is 13.8 Å².